The lowest BCUT2D eigenvalue weighted by Gasteiger charge is -2.17. The first-order valence-electron chi connectivity index (χ1n) is 7.73. The molecular formula is C20H25N. The molecule has 0 amide bonds. The third-order valence-electron chi connectivity index (χ3n) is 3.85. The van der Waals surface area contributed by atoms with Crippen LogP contribution in [0.1, 0.15) is 32.3 Å². The summed E-state index contributed by atoms with van der Waals surface area (Å²) >= 11 is 0. The number of nitrogens with zero attached hydrogens (tertiary/aromatic N) is 1. The molecule has 0 radical (unpaired) electrons. The van der Waals surface area contributed by atoms with E-state index < -0.39 is 0 Å². The van der Waals surface area contributed by atoms with Crippen LogP contribution in [0, 0.1) is 0 Å². The number of hydrogen-bond donors (Lipinski definition) is 0. The molecule has 0 atom stereocenters. The minimum absolute atomic E-state index is 1.20. The van der Waals surface area contributed by atoms with Crippen LogP contribution in [-0.4, -0.2) is 13.1 Å². The van der Waals surface area contributed by atoms with Crippen molar-refractivity contribution in [3.63, 3.8) is 0 Å². The van der Waals surface area contributed by atoms with Crippen molar-refractivity contribution >= 4 is 11.8 Å². The van der Waals surface area contributed by atoms with E-state index in [1.165, 1.54) is 48.3 Å². The van der Waals surface area contributed by atoms with Crippen LogP contribution < -0.4 is 4.90 Å². The van der Waals surface area contributed by atoms with E-state index in [0.29, 0.717) is 0 Å². The van der Waals surface area contributed by atoms with Gasteiger partial charge < -0.3 is 4.90 Å². The topological polar surface area (TPSA) is 3.24 Å². The Hall–Kier alpha value is -2.02. The van der Waals surface area contributed by atoms with Crippen molar-refractivity contribution < 1.29 is 0 Å². The van der Waals surface area contributed by atoms with Gasteiger partial charge in [-0.05, 0) is 55.5 Å². The minimum atomic E-state index is 1.20. The highest BCUT2D eigenvalue weighted by Crippen LogP contribution is 2.22. The second-order valence-electron chi connectivity index (χ2n) is 5.47. The van der Waals surface area contributed by atoms with E-state index in [1.807, 2.05) is 19.1 Å². The van der Waals surface area contributed by atoms with Crippen molar-refractivity contribution in [2.75, 3.05) is 18.0 Å². The molecule has 1 aromatic rings. The molecule has 2 rings (SSSR count). The average Bonchev–Trinajstić information content (AvgIpc) is 3.02. The molecule has 1 saturated heterocycles. The number of anilines is 1. The van der Waals surface area contributed by atoms with Crippen molar-refractivity contribution in [1.29, 1.82) is 0 Å². The lowest BCUT2D eigenvalue weighted by molar-refractivity contribution is 0.949. The van der Waals surface area contributed by atoms with E-state index in [4.69, 9.17) is 0 Å². The molecule has 1 aliphatic heterocycles. The van der Waals surface area contributed by atoms with Gasteiger partial charge >= 0.3 is 0 Å². The molecule has 1 nitrogen and oxygen atoms in total. The summed E-state index contributed by atoms with van der Waals surface area (Å²) in [4.78, 5) is 2.46. The standard InChI is InChI=1S/C20H25N/c1-4-8-19(9-5-2)17(3)16-18-10-12-20(13-11-18)21-14-6-7-15-21/h4-5,8-13,16H,1,6-7,14-15H2,2-3H3/b9-5-,17-16+,19-8+. The van der Waals surface area contributed by atoms with Crippen LogP contribution >= 0.6 is 0 Å². The van der Waals surface area contributed by atoms with Crippen LogP contribution in [-0.2, 0) is 0 Å². The summed E-state index contributed by atoms with van der Waals surface area (Å²) in [6.07, 6.45) is 12.9. The van der Waals surface area contributed by atoms with Gasteiger partial charge in [0.25, 0.3) is 0 Å². The highest BCUT2D eigenvalue weighted by Gasteiger charge is 2.11. The molecule has 1 heterocycles. The fourth-order valence-electron chi connectivity index (χ4n) is 2.72. The Labute approximate surface area is 129 Å². The van der Waals surface area contributed by atoms with E-state index in [9.17, 15) is 0 Å². The van der Waals surface area contributed by atoms with Gasteiger partial charge in [0.15, 0.2) is 0 Å². The number of rotatable bonds is 5. The predicted octanol–water partition coefficient (Wildman–Crippen LogP) is 5.38. The van der Waals surface area contributed by atoms with Gasteiger partial charge in [-0.25, -0.2) is 0 Å². The monoisotopic (exact) mass is 279 g/mol. The van der Waals surface area contributed by atoms with Crippen LogP contribution in [0.5, 0.6) is 0 Å². The molecule has 0 aromatic heterocycles. The highest BCUT2D eigenvalue weighted by atomic mass is 15.1. The second-order valence-corrected chi connectivity index (χ2v) is 5.47. The van der Waals surface area contributed by atoms with Crippen LogP contribution in [0.4, 0.5) is 5.69 Å². The summed E-state index contributed by atoms with van der Waals surface area (Å²) in [7, 11) is 0. The molecule has 0 N–H and O–H groups in total. The van der Waals surface area contributed by atoms with Gasteiger partial charge in [-0.2, -0.15) is 0 Å². The molecule has 1 fully saturated rings. The third kappa shape index (κ3) is 4.22. The highest BCUT2D eigenvalue weighted by molar-refractivity contribution is 5.62. The van der Waals surface area contributed by atoms with Gasteiger partial charge in [0.2, 0.25) is 0 Å². The SMILES string of the molecule is C=C/C=C(\C=C/C)C(/C)=C/c1ccc(N2CCCC2)cc1. The van der Waals surface area contributed by atoms with Crippen molar-refractivity contribution in [3.05, 3.63) is 71.9 Å². The largest absolute Gasteiger partial charge is 0.372 e. The van der Waals surface area contributed by atoms with Gasteiger partial charge in [-0.3, -0.25) is 0 Å². The lowest BCUT2D eigenvalue weighted by Crippen LogP contribution is -2.17. The van der Waals surface area contributed by atoms with E-state index >= 15 is 0 Å². The zero-order valence-corrected chi connectivity index (χ0v) is 13.2. The molecule has 1 aromatic carbocycles. The second kappa shape index (κ2) is 7.68. The Balaban J connectivity index is 2.16. The summed E-state index contributed by atoms with van der Waals surface area (Å²) in [6.45, 7) is 10.4. The Morgan fingerprint density at radius 2 is 1.81 bits per heavy atom. The van der Waals surface area contributed by atoms with Crippen LogP contribution in [0.2, 0.25) is 0 Å². The zero-order valence-electron chi connectivity index (χ0n) is 13.2. The summed E-state index contributed by atoms with van der Waals surface area (Å²) in [5.41, 5.74) is 5.05. The quantitative estimate of drug-likeness (QED) is 0.654. The molecule has 0 saturated carbocycles. The van der Waals surface area contributed by atoms with Crippen LogP contribution in [0.15, 0.2) is 66.3 Å². The number of allylic oxidation sites excluding steroid dienone is 6. The van der Waals surface area contributed by atoms with E-state index in [0.717, 1.165) is 0 Å². The average molecular weight is 279 g/mol. The predicted molar refractivity (Wildman–Crippen MR) is 94.6 cm³/mol. The Kier molecular flexibility index (Phi) is 5.62. The molecule has 21 heavy (non-hydrogen) atoms. The molecule has 1 aliphatic rings. The fourth-order valence-corrected chi connectivity index (χ4v) is 2.72. The first-order valence-corrected chi connectivity index (χ1v) is 7.73. The van der Waals surface area contributed by atoms with Crippen molar-refractivity contribution in [2.45, 2.75) is 26.7 Å². The van der Waals surface area contributed by atoms with Crippen molar-refractivity contribution in [2.24, 2.45) is 0 Å². The maximum Gasteiger partial charge on any atom is 0.0366 e. The van der Waals surface area contributed by atoms with Crippen molar-refractivity contribution in [3.8, 4) is 0 Å². The van der Waals surface area contributed by atoms with Crippen molar-refractivity contribution in [1.82, 2.24) is 0 Å². The van der Waals surface area contributed by atoms with Gasteiger partial charge in [-0.15, -0.1) is 0 Å². The molecule has 110 valence electrons. The Bertz CT molecular complexity index is 552. The van der Waals surface area contributed by atoms with E-state index in [1.54, 1.807) is 0 Å². The van der Waals surface area contributed by atoms with Gasteiger partial charge in [0.1, 0.15) is 0 Å². The van der Waals surface area contributed by atoms with Gasteiger partial charge in [0.05, 0.1) is 0 Å². The third-order valence-corrected chi connectivity index (χ3v) is 3.85. The van der Waals surface area contributed by atoms with Gasteiger partial charge in [0, 0.05) is 18.8 Å². The summed E-state index contributed by atoms with van der Waals surface area (Å²) in [5.74, 6) is 0. The molecule has 0 spiro atoms. The summed E-state index contributed by atoms with van der Waals surface area (Å²) < 4.78 is 0. The van der Waals surface area contributed by atoms with Crippen LogP contribution in [0.3, 0.4) is 0 Å². The molecule has 0 aliphatic carbocycles. The maximum atomic E-state index is 3.78. The molecular weight excluding hydrogens is 254 g/mol. The summed E-state index contributed by atoms with van der Waals surface area (Å²) in [5, 5.41) is 0. The molecule has 0 unspecified atom stereocenters. The fraction of sp³-hybridized carbons (Fsp3) is 0.300. The van der Waals surface area contributed by atoms with Crippen LogP contribution in [0.25, 0.3) is 6.08 Å². The zero-order chi connectivity index (χ0) is 15.1. The molecule has 0 bridgehead atoms. The first-order chi connectivity index (χ1) is 10.2. The number of hydrogen-bond acceptors (Lipinski definition) is 1. The smallest absolute Gasteiger partial charge is 0.0366 e. The lowest BCUT2D eigenvalue weighted by atomic mass is 10.0. The van der Waals surface area contributed by atoms with E-state index in [-0.39, 0.29) is 0 Å². The van der Waals surface area contributed by atoms with Gasteiger partial charge in [-0.1, -0.05) is 49.1 Å². The van der Waals surface area contributed by atoms with E-state index in [2.05, 4.69) is 60.9 Å². The number of benzene rings is 1. The first kappa shape index (κ1) is 15.4. The normalized spacial score (nSPS) is 16.8. The Morgan fingerprint density at radius 3 is 2.38 bits per heavy atom. The molecule has 1 heteroatoms. The maximum absolute atomic E-state index is 3.78. The minimum Gasteiger partial charge on any atom is -0.372 e. The summed E-state index contributed by atoms with van der Waals surface area (Å²) in [6, 6.07) is 8.88. The Morgan fingerprint density at radius 1 is 1.14 bits per heavy atom.